The van der Waals surface area contributed by atoms with Gasteiger partial charge in [-0.05, 0) is 49.7 Å². The Labute approximate surface area is 178 Å². The van der Waals surface area contributed by atoms with Crippen molar-refractivity contribution in [3.05, 3.63) is 47.8 Å². The first-order valence-corrected chi connectivity index (χ1v) is 11.6. The Balaban J connectivity index is 1.47. The number of aryl methyl sites for hydroxylation is 1. The molecular weight excluding hydrogens is 404 g/mol. The van der Waals surface area contributed by atoms with Gasteiger partial charge in [0.05, 0.1) is 20.3 Å². The fourth-order valence-corrected chi connectivity index (χ4v) is 5.58. The SMILES string of the molecule is COc1ccc(Nc2cc(C)nc([C@@H]3CCN(S(=O)(=O)N4CCOCC4)C3)c2)cc1. The van der Waals surface area contributed by atoms with Crippen molar-refractivity contribution in [3.8, 4) is 5.75 Å². The minimum absolute atomic E-state index is 0.0807. The lowest BCUT2D eigenvalue weighted by atomic mass is 10.0. The van der Waals surface area contributed by atoms with Crippen LogP contribution in [0.1, 0.15) is 23.7 Å². The van der Waals surface area contributed by atoms with E-state index in [2.05, 4.69) is 5.32 Å². The first kappa shape index (κ1) is 21.0. The molecule has 0 unspecified atom stereocenters. The number of benzene rings is 1. The maximum Gasteiger partial charge on any atom is 0.282 e. The van der Waals surface area contributed by atoms with Crippen molar-refractivity contribution in [2.24, 2.45) is 0 Å². The van der Waals surface area contributed by atoms with Gasteiger partial charge in [0.2, 0.25) is 0 Å². The minimum Gasteiger partial charge on any atom is -0.497 e. The lowest BCUT2D eigenvalue weighted by Crippen LogP contribution is -2.47. The van der Waals surface area contributed by atoms with E-state index in [1.54, 1.807) is 11.4 Å². The van der Waals surface area contributed by atoms with E-state index < -0.39 is 10.2 Å². The van der Waals surface area contributed by atoms with E-state index in [9.17, 15) is 8.42 Å². The molecule has 30 heavy (non-hydrogen) atoms. The zero-order chi connectivity index (χ0) is 21.1. The summed E-state index contributed by atoms with van der Waals surface area (Å²) in [6.07, 6.45) is 0.766. The molecule has 8 nitrogen and oxygen atoms in total. The molecule has 0 bridgehead atoms. The van der Waals surface area contributed by atoms with Crippen molar-refractivity contribution in [1.29, 1.82) is 0 Å². The molecule has 1 aromatic carbocycles. The van der Waals surface area contributed by atoms with Gasteiger partial charge in [-0.25, -0.2) is 0 Å². The van der Waals surface area contributed by atoms with E-state index in [4.69, 9.17) is 14.5 Å². The Morgan fingerprint density at radius 2 is 1.80 bits per heavy atom. The molecule has 2 aliphatic rings. The predicted molar refractivity (Wildman–Crippen MR) is 115 cm³/mol. The Kier molecular flexibility index (Phi) is 6.24. The lowest BCUT2D eigenvalue weighted by Gasteiger charge is -2.30. The third-order valence-corrected chi connectivity index (χ3v) is 7.55. The summed E-state index contributed by atoms with van der Waals surface area (Å²) in [7, 11) is -1.80. The Morgan fingerprint density at radius 3 is 2.50 bits per heavy atom. The maximum absolute atomic E-state index is 12.9. The average molecular weight is 433 g/mol. The number of hydrogen-bond acceptors (Lipinski definition) is 6. The number of hydrogen-bond donors (Lipinski definition) is 1. The van der Waals surface area contributed by atoms with Crippen LogP contribution in [0, 0.1) is 6.92 Å². The van der Waals surface area contributed by atoms with E-state index in [-0.39, 0.29) is 5.92 Å². The largest absolute Gasteiger partial charge is 0.497 e. The zero-order valence-electron chi connectivity index (χ0n) is 17.4. The van der Waals surface area contributed by atoms with Gasteiger partial charge < -0.3 is 14.8 Å². The summed E-state index contributed by atoms with van der Waals surface area (Å²) in [6.45, 7) is 4.68. The molecular formula is C21H28N4O4S. The number of nitrogens with zero attached hydrogens (tertiary/aromatic N) is 3. The predicted octanol–water partition coefficient (Wildman–Crippen LogP) is 2.51. The molecule has 2 saturated heterocycles. The van der Waals surface area contributed by atoms with E-state index in [0.717, 1.165) is 34.9 Å². The number of morpholine rings is 1. The molecule has 0 spiro atoms. The van der Waals surface area contributed by atoms with Crippen LogP contribution in [-0.4, -0.2) is 68.5 Å². The second-order valence-corrected chi connectivity index (χ2v) is 9.57. The number of ether oxygens (including phenoxy) is 2. The zero-order valence-corrected chi connectivity index (χ0v) is 18.2. The summed E-state index contributed by atoms with van der Waals surface area (Å²) in [5.74, 6) is 0.886. The van der Waals surface area contributed by atoms with Gasteiger partial charge in [0.1, 0.15) is 5.75 Å². The molecule has 1 aromatic heterocycles. The summed E-state index contributed by atoms with van der Waals surface area (Å²) >= 11 is 0. The molecule has 0 saturated carbocycles. The monoisotopic (exact) mass is 432 g/mol. The third-order valence-electron chi connectivity index (χ3n) is 5.54. The molecule has 0 radical (unpaired) electrons. The second-order valence-electron chi connectivity index (χ2n) is 7.64. The second kappa shape index (κ2) is 8.89. The van der Waals surface area contributed by atoms with Crippen LogP contribution in [0.3, 0.4) is 0 Å². The van der Waals surface area contributed by atoms with Crippen LogP contribution in [0.5, 0.6) is 5.75 Å². The average Bonchev–Trinajstić information content (AvgIpc) is 3.26. The molecule has 9 heteroatoms. The highest BCUT2D eigenvalue weighted by atomic mass is 32.2. The highest BCUT2D eigenvalue weighted by Crippen LogP contribution is 2.31. The third kappa shape index (κ3) is 4.59. The van der Waals surface area contributed by atoms with Crippen LogP contribution in [0.4, 0.5) is 11.4 Å². The van der Waals surface area contributed by atoms with Crippen molar-refractivity contribution in [2.75, 3.05) is 51.8 Å². The van der Waals surface area contributed by atoms with Crippen LogP contribution in [0.25, 0.3) is 0 Å². The summed E-state index contributed by atoms with van der Waals surface area (Å²) in [5.41, 5.74) is 3.72. The first-order valence-electron chi connectivity index (χ1n) is 10.2. The lowest BCUT2D eigenvalue weighted by molar-refractivity contribution is 0.0705. The fourth-order valence-electron chi connectivity index (χ4n) is 3.94. The van der Waals surface area contributed by atoms with Gasteiger partial charge in [-0.15, -0.1) is 0 Å². The van der Waals surface area contributed by atoms with Crippen molar-refractivity contribution in [1.82, 2.24) is 13.6 Å². The molecule has 162 valence electrons. The van der Waals surface area contributed by atoms with Crippen molar-refractivity contribution < 1.29 is 17.9 Å². The maximum atomic E-state index is 12.9. The number of aromatic nitrogens is 1. The Bertz CT molecular complexity index is 975. The van der Waals surface area contributed by atoms with Gasteiger partial charge in [-0.1, -0.05) is 0 Å². The molecule has 2 fully saturated rings. The Hall–Kier alpha value is -2.20. The topological polar surface area (TPSA) is 84.0 Å². The van der Waals surface area contributed by atoms with Gasteiger partial charge in [0.25, 0.3) is 10.2 Å². The van der Waals surface area contributed by atoms with Crippen LogP contribution < -0.4 is 10.1 Å². The number of pyridine rings is 1. The molecule has 4 rings (SSSR count). The minimum atomic E-state index is -3.45. The van der Waals surface area contributed by atoms with Gasteiger partial charge in [-0.2, -0.15) is 17.0 Å². The van der Waals surface area contributed by atoms with Crippen molar-refractivity contribution in [2.45, 2.75) is 19.3 Å². The van der Waals surface area contributed by atoms with Crippen LogP contribution in [-0.2, 0) is 14.9 Å². The molecule has 0 aliphatic carbocycles. The van der Waals surface area contributed by atoms with Gasteiger partial charge in [-0.3, -0.25) is 4.98 Å². The van der Waals surface area contributed by atoms with E-state index in [1.165, 1.54) is 4.31 Å². The van der Waals surface area contributed by atoms with Crippen LogP contribution in [0.2, 0.25) is 0 Å². The molecule has 0 amide bonds. The normalized spacial score (nSPS) is 20.9. The summed E-state index contributed by atoms with van der Waals surface area (Å²) in [6, 6.07) is 11.7. The fraction of sp³-hybridized carbons (Fsp3) is 0.476. The van der Waals surface area contributed by atoms with E-state index in [1.807, 2.05) is 43.3 Å². The van der Waals surface area contributed by atoms with Crippen molar-refractivity contribution in [3.63, 3.8) is 0 Å². The standard InChI is InChI=1S/C21H28N4O4S/c1-16-13-19(23-18-3-5-20(28-2)6-4-18)14-21(22-16)17-7-8-25(15-17)30(26,27)24-9-11-29-12-10-24/h3-6,13-14,17H,7-12,15H2,1-2H3,(H,22,23)/t17-/m1/s1. The molecule has 2 aromatic rings. The number of methoxy groups -OCH3 is 1. The Morgan fingerprint density at radius 1 is 1.07 bits per heavy atom. The van der Waals surface area contributed by atoms with E-state index >= 15 is 0 Å². The molecule has 1 atom stereocenters. The van der Waals surface area contributed by atoms with Crippen LogP contribution in [0.15, 0.2) is 36.4 Å². The quantitative estimate of drug-likeness (QED) is 0.755. The summed E-state index contributed by atoms with van der Waals surface area (Å²) in [4.78, 5) is 4.70. The summed E-state index contributed by atoms with van der Waals surface area (Å²) < 4.78 is 39.5. The highest BCUT2D eigenvalue weighted by Gasteiger charge is 2.37. The van der Waals surface area contributed by atoms with Crippen molar-refractivity contribution >= 4 is 21.6 Å². The van der Waals surface area contributed by atoms with Crippen LogP contribution >= 0.6 is 0 Å². The van der Waals surface area contributed by atoms with Gasteiger partial charge in [0, 0.05) is 54.9 Å². The highest BCUT2D eigenvalue weighted by molar-refractivity contribution is 7.86. The molecule has 1 N–H and O–H groups in total. The molecule has 3 heterocycles. The number of nitrogens with one attached hydrogen (secondary N) is 1. The van der Waals surface area contributed by atoms with Gasteiger partial charge in [0.15, 0.2) is 0 Å². The number of rotatable bonds is 6. The first-order chi connectivity index (χ1) is 14.5. The summed E-state index contributed by atoms with van der Waals surface area (Å²) in [5, 5.41) is 3.40. The smallest absolute Gasteiger partial charge is 0.282 e. The molecule has 2 aliphatic heterocycles. The number of anilines is 2. The van der Waals surface area contributed by atoms with Gasteiger partial charge >= 0.3 is 0 Å². The van der Waals surface area contributed by atoms with E-state index in [0.29, 0.717) is 39.4 Å².